The van der Waals surface area contributed by atoms with E-state index in [9.17, 15) is 4.79 Å². The van der Waals surface area contributed by atoms with Crippen molar-refractivity contribution in [1.29, 1.82) is 0 Å². The minimum Gasteiger partial charge on any atom is -0.480 e. The van der Waals surface area contributed by atoms with Crippen molar-refractivity contribution in [2.45, 2.75) is 18.9 Å². The predicted molar refractivity (Wildman–Crippen MR) is 52.5 cm³/mol. The monoisotopic (exact) mass is 211 g/mol. The van der Waals surface area contributed by atoms with Crippen LogP contribution in [0.5, 0.6) is 6.01 Å². The average molecular weight is 211 g/mol. The molecule has 0 unspecified atom stereocenters. The van der Waals surface area contributed by atoms with Crippen LogP contribution in [0.2, 0.25) is 0 Å². The summed E-state index contributed by atoms with van der Waals surface area (Å²) in [5.41, 5.74) is 6.20. The summed E-state index contributed by atoms with van der Waals surface area (Å²) < 4.78 is 4.79. The van der Waals surface area contributed by atoms with Gasteiger partial charge in [0.05, 0.1) is 7.11 Å². The highest BCUT2D eigenvalue weighted by Gasteiger charge is 2.11. The van der Waals surface area contributed by atoms with E-state index in [1.54, 1.807) is 12.4 Å². The Hall–Kier alpha value is -1.69. The van der Waals surface area contributed by atoms with Crippen molar-refractivity contribution in [3.8, 4) is 6.01 Å². The summed E-state index contributed by atoms with van der Waals surface area (Å²) in [5.74, 6) is -0.996. The Labute approximate surface area is 87.1 Å². The predicted octanol–water partition coefficient (Wildman–Crippen LogP) is -0.170. The summed E-state index contributed by atoms with van der Waals surface area (Å²) in [4.78, 5) is 18.2. The molecule has 0 radical (unpaired) electrons. The van der Waals surface area contributed by atoms with E-state index in [-0.39, 0.29) is 0 Å². The molecular formula is C9H13N3O3. The molecule has 15 heavy (non-hydrogen) atoms. The topological polar surface area (TPSA) is 98.3 Å². The molecule has 1 heterocycles. The molecule has 1 rings (SSSR count). The van der Waals surface area contributed by atoms with Crippen molar-refractivity contribution < 1.29 is 14.6 Å². The Bertz CT molecular complexity index is 326. The van der Waals surface area contributed by atoms with Gasteiger partial charge in [0, 0.05) is 12.4 Å². The molecule has 0 aliphatic rings. The number of nitrogens with two attached hydrogens (primary N) is 1. The van der Waals surface area contributed by atoms with Gasteiger partial charge in [-0.3, -0.25) is 4.79 Å². The lowest BCUT2D eigenvalue weighted by molar-refractivity contribution is -0.138. The third-order valence-corrected chi connectivity index (χ3v) is 1.93. The Morgan fingerprint density at radius 3 is 2.67 bits per heavy atom. The molecule has 82 valence electrons. The van der Waals surface area contributed by atoms with Crippen LogP contribution in [-0.2, 0) is 11.2 Å². The highest BCUT2D eigenvalue weighted by atomic mass is 16.5. The quantitative estimate of drug-likeness (QED) is 0.701. The average Bonchev–Trinajstić information content (AvgIpc) is 2.26. The van der Waals surface area contributed by atoms with E-state index < -0.39 is 12.0 Å². The van der Waals surface area contributed by atoms with Crippen LogP contribution in [0.3, 0.4) is 0 Å². The minimum absolute atomic E-state index is 0.293. The van der Waals surface area contributed by atoms with E-state index in [0.717, 1.165) is 5.56 Å². The fourth-order valence-electron chi connectivity index (χ4n) is 1.02. The Kier molecular flexibility index (Phi) is 3.99. The van der Waals surface area contributed by atoms with Gasteiger partial charge in [0.25, 0.3) is 0 Å². The molecule has 0 spiro atoms. The number of aryl methyl sites for hydroxylation is 1. The molecule has 1 atom stereocenters. The van der Waals surface area contributed by atoms with Crippen LogP contribution in [0.4, 0.5) is 0 Å². The third kappa shape index (κ3) is 3.51. The lowest BCUT2D eigenvalue weighted by atomic mass is 10.1. The van der Waals surface area contributed by atoms with Crippen LogP contribution >= 0.6 is 0 Å². The fraction of sp³-hybridized carbons (Fsp3) is 0.444. The van der Waals surface area contributed by atoms with Crippen molar-refractivity contribution in [1.82, 2.24) is 9.97 Å². The van der Waals surface area contributed by atoms with Gasteiger partial charge in [0.1, 0.15) is 6.04 Å². The zero-order chi connectivity index (χ0) is 11.3. The molecule has 0 aromatic carbocycles. The largest absolute Gasteiger partial charge is 0.480 e. The zero-order valence-corrected chi connectivity index (χ0v) is 8.38. The second-order valence-electron chi connectivity index (χ2n) is 3.06. The van der Waals surface area contributed by atoms with E-state index >= 15 is 0 Å². The van der Waals surface area contributed by atoms with E-state index in [4.69, 9.17) is 15.6 Å². The van der Waals surface area contributed by atoms with Gasteiger partial charge in [-0.15, -0.1) is 0 Å². The molecule has 1 aromatic rings. The number of hydrogen-bond acceptors (Lipinski definition) is 5. The molecule has 1 aromatic heterocycles. The number of aromatic nitrogens is 2. The molecule has 0 saturated carbocycles. The number of carbonyl (C=O) groups is 1. The molecule has 0 fully saturated rings. The Balaban J connectivity index is 2.47. The smallest absolute Gasteiger partial charge is 0.320 e. The zero-order valence-electron chi connectivity index (χ0n) is 8.38. The van der Waals surface area contributed by atoms with Gasteiger partial charge in [0.15, 0.2) is 0 Å². The van der Waals surface area contributed by atoms with Gasteiger partial charge in [-0.1, -0.05) is 0 Å². The van der Waals surface area contributed by atoms with Gasteiger partial charge in [0.2, 0.25) is 0 Å². The number of methoxy groups -OCH3 is 1. The van der Waals surface area contributed by atoms with Gasteiger partial charge < -0.3 is 15.6 Å². The molecule has 6 nitrogen and oxygen atoms in total. The van der Waals surface area contributed by atoms with Crippen molar-refractivity contribution in [3.63, 3.8) is 0 Å². The van der Waals surface area contributed by atoms with Crippen LogP contribution in [0, 0.1) is 0 Å². The number of carboxylic acids is 1. The van der Waals surface area contributed by atoms with Gasteiger partial charge in [-0.2, -0.15) is 0 Å². The van der Waals surface area contributed by atoms with Gasteiger partial charge in [-0.05, 0) is 18.4 Å². The molecule has 3 N–H and O–H groups in total. The maximum atomic E-state index is 10.4. The van der Waals surface area contributed by atoms with E-state index in [1.807, 2.05) is 0 Å². The van der Waals surface area contributed by atoms with Crippen molar-refractivity contribution in [3.05, 3.63) is 18.0 Å². The summed E-state index contributed by atoms with van der Waals surface area (Å²) >= 11 is 0. The Morgan fingerprint density at radius 2 is 2.20 bits per heavy atom. The van der Waals surface area contributed by atoms with Crippen LogP contribution in [0.1, 0.15) is 12.0 Å². The number of hydrogen-bond donors (Lipinski definition) is 2. The number of carboxylic acid groups (broad SMARTS) is 1. The summed E-state index contributed by atoms with van der Waals surface area (Å²) in [7, 11) is 1.48. The Morgan fingerprint density at radius 1 is 1.60 bits per heavy atom. The summed E-state index contributed by atoms with van der Waals surface area (Å²) in [6.45, 7) is 0. The van der Waals surface area contributed by atoms with Crippen LogP contribution in [0.25, 0.3) is 0 Å². The van der Waals surface area contributed by atoms with Crippen LogP contribution in [-0.4, -0.2) is 34.2 Å². The van der Waals surface area contributed by atoms with Crippen molar-refractivity contribution in [2.24, 2.45) is 5.73 Å². The standard InChI is InChI=1S/C9H13N3O3/c1-15-9-11-4-6(5-12-9)2-3-7(10)8(13)14/h4-5,7H,2-3,10H2,1H3,(H,13,14)/t7-/m1/s1. The number of rotatable bonds is 5. The maximum Gasteiger partial charge on any atom is 0.320 e. The number of ether oxygens (including phenoxy) is 1. The highest BCUT2D eigenvalue weighted by molar-refractivity contribution is 5.73. The molecular weight excluding hydrogens is 198 g/mol. The molecule has 0 amide bonds. The normalized spacial score (nSPS) is 12.1. The summed E-state index contributed by atoms with van der Waals surface area (Å²) in [5, 5.41) is 8.57. The second-order valence-corrected chi connectivity index (χ2v) is 3.06. The minimum atomic E-state index is -0.996. The SMILES string of the molecule is COc1ncc(CC[C@@H](N)C(=O)O)cn1. The summed E-state index contributed by atoms with van der Waals surface area (Å²) in [6, 6.07) is -0.548. The van der Waals surface area contributed by atoms with Crippen LogP contribution in [0.15, 0.2) is 12.4 Å². The lowest BCUT2D eigenvalue weighted by Crippen LogP contribution is -2.30. The number of aliphatic carboxylic acids is 1. The molecule has 0 aliphatic heterocycles. The van der Waals surface area contributed by atoms with E-state index in [2.05, 4.69) is 9.97 Å². The van der Waals surface area contributed by atoms with E-state index in [1.165, 1.54) is 7.11 Å². The molecule has 0 bridgehead atoms. The first kappa shape index (κ1) is 11.4. The first-order chi connectivity index (χ1) is 7.13. The molecule has 6 heteroatoms. The van der Waals surface area contributed by atoms with E-state index in [0.29, 0.717) is 18.9 Å². The molecule has 0 saturated heterocycles. The highest BCUT2D eigenvalue weighted by Crippen LogP contribution is 2.05. The number of nitrogens with zero attached hydrogens (tertiary/aromatic N) is 2. The van der Waals surface area contributed by atoms with Gasteiger partial charge in [-0.25, -0.2) is 9.97 Å². The molecule has 0 aliphatic carbocycles. The first-order valence-corrected chi connectivity index (χ1v) is 4.46. The lowest BCUT2D eigenvalue weighted by Gasteiger charge is -2.05. The second kappa shape index (κ2) is 5.26. The maximum absolute atomic E-state index is 10.4. The van der Waals surface area contributed by atoms with Crippen LogP contribution < -0.4 is 10.5 Å². The van der Waals surface area contributed by atoms with Gasteiger partial charge >= 0.3 is 12.0 Å². The van der Waals surface area contributed by atoms with Crippen molar-refractivity contribution >= 4 is 5.97 Å². The fourth-order valence-corrected chi connectivity index (χ4v) is 1.02. The van der Waals surface area contributed by atoms with Crippen molar-refractivity contribution in [2.75, 3.05) is 7.11 Å². The summed E-state index contributed by atoms with van der Waals surface area (Å²) in [6.07, 6.45) is 4.10. The first-order valence-electron chi connectivity index (χ1n) is 4.46. The third-order valence-electron chi connectivity index (χ3n) is 1.93.